The molecule has 0 fully saturated rings. The first-order valence-corrected chi connectivity index (χ1v) is 20.1. The van der Waals surface area contributed by atoms with Gasteiger partial charge in [-0.2, -0.15) is 0 Å². The van der Waals surface area contributed by atoms with Crippen LogP contribution in [-0.4, -0.2) is 99.9 Å². The first kappa shape index (κ1) is 46.6. The van der Waals surface area contributed by atoms with Gasteiger partial charge in [0.15, 0.2) is 40.4 Å². The van der Waals surface area contributed by atoms with Crippen LogP contribution in [0.15, 0.2) is 18.2 Å². The van der Waals surface area contributed by atoms with Gasteiger partial charge in [-0.15, -0.1) is 11.3 Å². The molecule has 1 aliphatic heterocycles. The standard InChI is InChI=1S/C41H53F2N3O12S/c1-24(21-45-33(48)12-16-54-17-13-44)57-35(50)10-8-28(47)32-19-26-31(59-32)20-30(53-6)40(37(26)42)56-15-7-14-55-39-29(52-5)18-25-22-46(23-27(25)38(39)43)34(49)9-11-36(51)58-41(2,3)4/h18-20,24H,7-17,21-23,44H2,1-6H3,(H,45,48)/t24-/m0/s1. The topological polar surface area (TPSA) is 191 Å². The molecule has 15 nitrogen and oxygen atoms in total. The number of carbonyl (C=O) groups is 5. The summed E-state index contributed by atoms with van der Waals surface area (Å²) in [5, 5.41) is 2.78. The van der Waals surface area contributed by atoms with Crippen molar-refractivity contribution in [1.82, 2.24) is 10.2 Å². The molecule has 0 spiro atoms. The van der Waals surface area contributed by atoms with Crippen molar-refractivity contribution in [3.05, 3.63) is 45.8 Å². The maximum absolute atomic E-state index is 15.8. The minimum absolute atomic E-state index is 0.00294. The molecule has 3 N–H and O–H groups in total. The van der Waals surface area contributed by atoms with Crippen molar-refractivity contribution in [2.45, 2.75) is 91.0 Å². The van der Waals surface area contributed by atoms with Crippen LogP contribution in [0.5, 0.6) is 23.0 Å². The number of ketones is 1. The average Bonchev–Trinajstić information content (AvgIpc) is 3.83. The van der Waals surface area contributed by atoms with Crippen molar-refractivity contribution in [1.29, 1.82) is 0 Å². The summed E-state index contributed by atoms with van der Waals surface area (Å²) < 4.78 is 70.0. The second kappa shape index (κ2) is 21.8. The van der Waals surface area contributed by atoms with Gasteiger partial charge in [0.05, 0.1) is 64.9 Å². The lowest BCUT2D eigenvalue weighted by Crippen LogP contribution is -2.33. The second-order valence-corrected chi connectivity index (χ2v) is 15.8. The number of amides is 2. The zero-order chi connectivity index (χ0) is 43.3. The van der Waals surface area contributed by atoms with Crippen LogP contribution in [0.25, 0.3) is 10.1 Å². The van der Waals surface area contributed by atoms with Crippen LogP contribution in [0.1, 0.15) is 87.0 Å². The molecule has 0 aliphatic carbocycles. The third-order valence-electron chi connectivity index (χ3n) is 8.80. The molecule has 0 unspecified atom stereocenters. The molecule has 4 rings (SSSR count). The Morgan fingerprint density at radius 1 is 0.847 bits per heavy atom. The van der Waals surface area contributed by atoms with Gasteiger partial charge in [-0.05, 0) is 45.4 Å². The number of halogens is 2. The van der Waals surface area contributed by atoms with E-state index in [2.05, 4.69) is 5.32 Å². The number of hydrogen-bond donors (Lipinski definition) is 2. The molecule has 1 atom stereocenters. The molecular weight excluding hydrogens is 797 g/mol. The summed E-state index contributed by atoms with van der Waals surface area (Å²) in [4.78, 5) is 63.9. The fraction of sp³-hybridized carbons (Fsp3) is 0.537. The molecule has 324 valence electrons. The third kappa shape index (κ3) is 13.5. The molecule has 0 bridgehead atoms. The van der Waals surface area contributed by atoms with Gasteiger partial charge in [0.2, 0.25) is 11.8 Å². The number of fused-ring (bicyclic) bond motifs is 2. The zero-order valence-corrected chi connectivity index (χ0v) is 35.1. The van der Waals surface area contributed by atoms with E-state index in [4.69, 9.17) is 38.9 Å². The monoisotopic (exact) mass is 849 g/mol. The number of Topliss-reactive ketones (excluding diaryl/α,β-unsaturated/α-hetero) is 1. The lowest BCUT2D eigenvalue weighted by atomic mass is 10.1. The quantitative estimate of drug-likeness (QED) is 0.0703. The number of esters is 2. The number of hydrogen-bond acceptors (Lipinski definition) is 14. The number of thiophene rings is 1. The summed E-state index contributed by atoms with van der Waals surface area (Å²) in [5.74, 6) is -3.57. The lowest BCUT2D eigenvalue weighted by molar-refractivity contribution is -0.156. The molecule has 1 aliphatic rings. The number of nitrogens with one attached hydrogen (secondary N) is 1. The van der Waals surface area contributed by atoms with Crippen LogP contribution in [0.4, 0.5) is 8.78 Å². The first-order chi connectivity index (χ1) is 28.0. The number of rotatable bonds is 23. The SMILES string of the molecule is COc1cc2c(c(F)c1OCCCOc1c(OC)cc3sc(C(=O)CCC(=O)O[C@@H](C)CNC(=O)CCOCCN)cc3c1F)CN(C(=O)CCC(=O)OC(C)(C)C)C2. The molecule has 18 heteroatoms. The number of nitrogens with two attached hydrogens (primary N) is 1. The Bertz CT molecular complexity index is 1980. The van der Waals surface area contributed by atoms with E-state index in [1.54, 1.807) is 39.8 Å². The summed E-state index contributed by atoms with van der Waals surface area (Å²) in [6, 6.07) is 4.56. The number of ether oxygens (including phenoxy) is 7. The minimum atomic E-state index is -0.742. The largest absolute Gasteiger partial charge is 0.493 e. The average molecular weight is 850 g/mol. The smallest absolute Gasteiger partial charge is 0.306 e. The highest BCUT2D eigenvalue weighted by Gasteiger charge is 2.31. The molecule has 3 aromatic rings. The van der Waals surface area contributed by atoms with Crippen LogP contribution >= 0.6 is 11.3 Å². The van der Waals surface area contributed by atoms with E-state index in [1.165, 1.54) is 25.2 Å². The molecule has 2 amide bonds. The summed E-state index contributed by atoms with van der Waals surface area (Å²) in [6.45, 7) is 7.93. The van der Waals surface area contributed by atoms with Crippen LogP contribution in [0.2, 0.25) is 0 Å². The molecule has 2 heterocycles. The van der Waals surface area contributed by atoms with Gasteiger partial charge in [-0.1, -0.05) is 0 Å². The maximum Gasteiger partial charge on any atom is 0.306 e. The molecule has 0 saturated carbocycles. The number of carbonyl (C=O) groups excluding carboxylic acids is 5. The molecular formula is C41H53F2N3O12S. The Morgan fingerprint density at radius 3 is 2.17 bits per heavy atom. The van der Waals surface area contributed by atoms with Gasteiger partial charge < -0.3 is 49.1 Å². The van der Waals surface area contributed by atoms with E-state index in [1.807, 2.05) is 0 Å². The van der Waals surface area contributed by atoms with Crippen molar-refractivity contribution in [2.75, 3.05) is 53.7 Å². The highest BCUT2D eigenvalue weighted by atomic mass is 32.1. The van der Waals surface area contributed by atoms with Gasteiger partial charge in [0.25, 0.3) is 0 Å². The normalized spacial score (nSPS) is 12.8. The van der Waals surface area contributed by atoms with Gasteiger partial charge in [0.1, 0.15) is 11.7 Å². The molecule has 1 aromatic heterocycles. The Labute approximate surface area is 345 Å². The maximum atomic E-state index is 15.8. The Hall–Kier alpha value is -5.07. The van der Waals surface area contributed by atoms with Gasteiger partial charge in [-0.3, -0.25) is 24.0 Å². The second-order valence-electron chi connectivity index (χ2n) is 14.7. The summed E-state index contributed by atoms with van der Waals surface area (Å²) in [6.07, 6.45) is -0.837. The van der Waals surface area contributed by atoms with Crippen LogP contribution in [0.3, 0.4) is 0 Å². The number of nitrogens with zero attached hydrogens (tertiary/aromatic N) is 1. The van der Waals surface area contributed by atoms with E-state index < -0.39 is 35.3 Å². The van der Waals surface area contributed by atoms with Crippen molar-refractivity contribution >= 4 is 51.0 Å². The van der Waals surface area contributed by atoms with E-state index in [0.717, 1.165) is 11.3 Å². The molecule has 59 heavy (non-hydrogen) atoms. The number of benzene rings is 2. The fourth-order valence-corrected chi connectivity index (χ4v) is 7.03. The molecule has 2 aromatic carbocycles. The molecule has 0 saturated heterocycles. The predicted molar refractivity (Wildman–Crippen MR) is 213 cm³/mol. The van der Waals surface area contributed by atoms with Gasteiger partial charge >= 0.3 is 11.9 Å². The fourth-order valence-electron chi connectivity index (χ4n) is 5.97. The van der Waals surface area contributed by atoms with Crippen molar-refractivity contribution in [2.24, 2.45) is 5.73 Å². The molecule has 0 radical (unpaired) electrons. The Kier molecular flexibility index (Phi) is 17.2. The Balaban J connectivity index is 1.27. The lowest BCUT2D eigenvalue weighted by Gasteiger charge is -2.20. The van der Waals surface area contributed by atoms with Crippen LogP contribution < -0.4 is 30.0 Å². The van der Waals surface area contributed by atoms with E-state index in [0.29, 0.717) is 23.4 Å². The zero-order valence-electron chi connectivity index (χ0n) is 34.3. The summed E-state index contributed by atoms with van der Waals surface area (Å²) >= 11 is 1.04. The van der Waals surface area contributed by atoms with Gasteiger partial charge in [-0.25, -0.2) is 8.78 Å². The van der Waals surface area contributed by atoms with Crippen LogP contribution in [0, 0.1) is 11.6 Å². The van der Waals surface area contributed by atoms with E-state index in [9.17, 15) is 24.0 Å². The third-order valence-corrected chi connectivity index (χ3v) is 9.92. The summed E-state index contributed by atoms with van der Waals surface area (Å²) in [5.41, 5.74) is 5.51. The predicted octanol–water partition coefficient (Wildman–Crippen LogP) is 5.38. The summed E-state index contributed by atoms with van der Waals surface area (Å²) in [7, 11) is 2.72. The number of methoxy groups -OCH3 is 2. The van der Waals surface area contributed by atoms with E-state index in [-0.39, 0.29) is 134 Å². The Morgan fingerprint density at radius 2 is 1.51 bits per heavy atom. The van der Waals surface area contributed by atoms with Gasteiger partial charge in [0, 0.05) is 67.0 Å². The van der Waals surface area contributed by atoms with Crippen LogP contribution in [-0.2, 0) is 46.5 Å². The van der Waals surface area contributed by atoms with E-state index >= 15 is 8.78 Å². The minimum Gasteiger partial charge on any atom is -0.493 e. The highest BCUT2D eigenvalue weighted by molar-refractivity contribution is 7.20. The van der Waals surface area contributed by atoms with Crippen molar-refractivity contribution in [3.63, 3.8) is 0 Å². The van der Waals surface area contributed by atoms with Crippen molar-refractivity contribution in [3.8, 4) is 23.0 Å². The van der Waals surface area contributed by atoms with Crippen molar-refractivity contribution < 1.29 is 65.9 Å². The first-order valence-electron chi connectivity index (χ1n) is 19.3. The highest BCUT2D eigenvalue weighted by Crippen LogP contribution is 2.41.